The molecule has 0 saturated carbocycles. The van der Waals surface area contributed by atoms with Gasteiger partial charge in [-0.05, 0) is 31.2 Å². The van der Waals surface area contributed by atoms with Crippen molar-refractivity contribution in [1.82, 2.24) is 4.90 Å². The molecule has 1 aromatic carbocycles. The molecule has 20 heavy (non-hydrogen) atoms. The molecule has 1 amide bonds. The van der Waals surface area contributed by atoms with Gasteiger partial charge in [-0.2, -0.15) is 0 Å². The van der Waals surface area contributed by atoms with E-state index in [0.29, 0.717) is 25.1 Å². The van der Waals surface area contributed by atoms with Crippen LogP contribution in [0.5, 0.6) is 0 Å². The molecular weight excluding hydrogens is 256 g/mol. The molecule has 108 valence electrons. The van der Waals surface area contributed by atoms with Crippen LogP contribution in [0.1, 0.15) is 30.4 Å². The molecule has 1 aliphatic rings. The van der Waals surface area contributed by atoms with Crippen LogP contribution in [0, 0.1) is 0 Å². The van der Waals surface area contributed by atoms with E-state index in [1.165, 1.54) is 0 Å². The van der Waals surface area contributed by atoms with Crippen LogP contribution in [0.2, 0.25) is 0 Å². The topological polar surface area (TPSA) is 73.1 Å². The Morgan fingerprint density at radius 3 is 2.80 bits per heavy atom. The van der Waals surface area contributed by atoms with E-state index in [4.69, 9.17) is 5.11 Å². The number of rotatable bonds is 3. The summed E-state index contributed by atoms with van der Waals surface area (Å²) < 4.78 is 0. The molecule has 0 radical (unpaired) electrons. The van der Waals surface area contributed by atoms with Gasteiger partial charge in [0.05, 0.1) is 0 Å². The Morgan fingerprint density at radius 2 is 2.05 bits per heavy atom. The van der Waals surface area contributed by atoms with Crippen molar-refractivity contribution in [2.45, 2.75) is 25.7 Å². The van der Waals surface area contributed by atoms with Crippen molar-refractivity contribution in [3.05, 3.63) is 35.4 Å². The number of benzene rings is 1. The lowest BCUT2D eigenvalue weighted by Crippen LogP contribution is -2.38. The minimum atomic E-state index is -0.268. The summed E-state index contributed by atoms with van der Waals surface area (Å²) >= 11 is 0. The summed E-state index contributed by atoms with van der Waals surface area (Å²) in [5.41, 5.74) is 1.84. The van der Waals surface area contributed by atoms with Gasteiger partial charge in [0.25, 0.3) is 5.91 Å². The SMILES string of the molecule is O=C1/C(=N/O)c2ccccc2CCCCN1CCCO. The zero-order valence-electron chi connectivity index (χ0n) is 11.5. The van der Waals surface area contributed by atoms with Gasteiger partial charge in [-0.25, -0.2) is 0 Å². The molecule has 0 unspecified atom stereocenters. The molecule has 1 heterocycles. The Kier molecular flexibility index (Phi) is 5.12. The number of aliphatic hydroxyl groups is 1. The summed E-state index contributed by atoms with van der Waals surface area (Å²) in [7, 11) is 0. The van der Waals surface area contributed by atoms with Gasteiger partial charge in [-0.15, -0.1) is 0 Å². The highest BCUT2D eigenvalue weighted by Gasteiger charge is 2.24. The predicted molar refractivity (Wildman–Crippen MR) is 76.0 cm³/mol. The standard InChI is InChI=1S/C15H20N2O3/c18-11-5-10-17-9-4-3-7-12-6-1-2-8-13(12)14(16-20)15(17)19/h1-2,6,8,18,20H,3-5,7,9-11H2/b16-14+. The second-order valence-corrected chi connectivity index (χ2v) is 4.93. The maximum atomic E-state index is 12.5. The third-order valence-corrected chi connectivity index (χ3v) is 3.57. The molecule has 0 atom stereocenters. The van der Waals surface area contributed by atoms with Crippen LogP contribution < -0.4 is 0 Å². The van der Waals surface area contributed by atoms with Crippen LogP contribution in [0.25, 0.3) is 0 Å². The van der Waals surface area contributed by atoms with Crippen molar-refractivity contribution in [3.63, 3.8) is 0 Å². The zero-order chi connectivity index (χ0) is 14.4. The average Bonchev–Trinajstić information content (AvgIpc) is 2.53. The van der Waals surface area contributed by atoms with Gasteiger partial charge < -0.3 is 15.2 Å². The van der Waals surface area contributed by atoms with Crippen molar-refractivity contribution in [2.24, 2.45) is 5.16 Å². The first-order chi connectivity index (χ1) is 9.77. The summed E-state index contributed by atoms with van der Waals surface area (Å²) in [6.07, 6.45) is 3.30. The predicted octanol–water partition coefficient (Wildman–Crippen LogP) is 1.41. The first kappa shape index (κ1) is 14.5. The molecule has 0 aliphatic carbocycles. The van der Waals surface area contributed by atoms with E-state index in [-0.39, 0.29) is 18.2 Å². The first-order valence-corrected chi connectivity index (χ1v) is 6.98. The van der Waals surface area contributed by atoms with E-state index in [1.807, 2.05) is 24.3 Å². The van der Waals surface area contributed by atoms with Crippen molar-refractivity contribution in [2.75, 3.05) is 19.7 Å². The van der Waals surface area contributed by atoms with Crippen LogP contribution in [-0.4, -0.2) is 46.5 Å². The largest absolute Gasteiger partial charge is 0.410 e. The van der Waals surface area contributed by atoms with Gasteiger partial charge in [0.2, 0.25) is 0 Å². The Hall–Kier alpha value is -1.88. The third-order valence-electron chi connectivity index (χ3n) is 3.57. The molecule has 0 bridgehead atoms. The van der Waals surface area contributed by atoms with Gasteiger partial charge in [-0.3, -0.25) is 4.79 Å². The molecule has 5 nitrogen and oxygen atoms in total. The minimum Gasteiger partial charge on any atom is -0.410 e. The second-order valence-electron chi connectivity index (χ2n) is 4.93. The van der Waals surface area contributed by atoms with Crippen LogP contribution in [0.3, 0.4) is 0 Å². The van der Waals surface area contributed by atoms with E-state index in [1.54, 1.807) is 4.90 Å². The van der Waals surface area contributed by atoms with E-state index >= 15 is 0 Å². The van der Waals surface area contributed by atoms with Crippen molar-refractivity contribution in [3.8, 4) is 0 Å². The molecule has 2 rings (SSSR count). The molecule has 1 aliphatic heterocycles. The molecule has 1 aromatic rings. The quantitative estimate of drug-likeness (QED) is 0.647. The third kappa shape index (κ3) is 3.17. The number of hydrogen-bond acceptors (Lipinski definition) is 4. The number of aryl methyl sites for hydroxylation is 1. The summed E-state index contributed by atoms with van der Waals surface area (Å²) in [5, 5.41) is 21.4. The Morgan fingerprint density at radius 1 is 1.25 bits per heavy atom. The highest BCUT2D eigenvalue weighted by molar-refractivity contribution is 6.45. The van der Waals surface area contributed by atoms with Gasteiger partial charge in [-0.1, -0.05) is 29.4 Å². The van der Waals surface area contributed by atoms with Gasteiger partial charge in [0.1, 0.15) is 0 Å². The molecule has 0 spiro atoms. The van der Waals surface area contributed by atoms with Gasteiger partial charge in [0.15, 0.2) is 5.71 Å². The smallest absolute Gasteiger partial charge is 0.276 e. The number of nitrogens with zero attached hydrogens (tertiary/aromatic N) is 2. The van der Waals surface area contributed by atoms with Crippen molar-refractivity contribution >= 4 is 11.6 Å². The number of oxime groups is 1. The first-order valence-electron chi connectivity index (χ1n) is 6.98. The zero-order valence-corrected chi connectivity index (χ0v) is 11.5. The van der Waals surface area contributed by atoms with Crippen molar-refractivity contribution in [1.29, 1.82) is 0 Å². The monoisotopic (exact) mass is 276 g/mol. The summed E-state index contributed by atoms with van der Waals surface area (Å²) in [5.74, 6) is -0.268. The Bertz CT molecular complexity index is 500. The number of carbonyl (C=O) groups excluding carboxylic acids is 1. The summed E-state index contributed by atoms with van der Waals surface area (Å²) in [4.78, 5) is 14.2. The maximum absolute atomic E-state index is 12.5. The highest BCUT2D eigenvalue weighted by atomic mass is 16.4. The number of hydrogen-bond donors (Lipinski definition) is 2. The minimum absolute atomic E-state index is 0.0476. The van der Waals surface area contributed by atoms with Gasteiger partial charge in [0, 0.05) is 25.3 Å². The van der Waals surface area contributed by atoms with Crippen LogP contribution in [0.4, 0.5) is 0 Å². The number of fused-ring (bicyclic) bond motifs is 1. The molecule has 0 fully saturated rings. The fraction of sp³-hybridized carbons (Fsp3) is 0.467. The fourth-order valence-corrected chi connectivity index (χ4v) is 2.53. The van der Waals surface area contributed by atoms with Crippen molar-refractivity contribution < 1.29 is 15.1 Å². The van der Waals surface area contributed by atoms with E-state index < -0.39 is 0 Å². The lowest BCUT2D eigenvalue weighted by molar-refractivity contribution is -0.124. The Balaban J connectivity index is 2.34. The second kappa shape index (κ2) is 7.05. The summed E-state index contributed by atoms with van der Waals surface area (Å²) in [6, 6.07) is 7.56. The van der Waals surface area contributed by atoms with E-state index in [2.05, 4.69) is 5.16 Å². The van der Waals surface area contributed by atoms with E-state index in [9.17, 15) is 10.0 Å². The normalized spacial score (nSPS) is 18.4. The van der Waals surface area contributed by atoms with Crippen LogP contribution >= 0.6 is 0 Å². The van der Waals surface area contributed by atoms with Crippen LogP contribution in [-0.2, 0) is 11.2 Å². The van der Waals surface area contributed by atoms with Crippen LogP contribution in [0.15, 0.2) is 29.4 Å². The lowest BCUT2D eigenvalue weighted by Gasteiger charge is -2.22. The average molecular weight is 276 g/mol. The maximum Gasteiger partial charge on any atom is 0.276 e. The molecular formula is C15H20N2O3. The summed E-state index contributed by atoms with van der Waals surface area (Å²) in [6.45, 7) is 1.16. The number of carbonyl (C=O) groups is 1. The molecule has 0 saturated heterocycles. The highest BCUT2D eigenvalue weighted by Crippen LogP contribution is 2.17. The Labute approximate surface area is 118 Å². The molecule has 5 heteroatoms. The molecule has 0 aromatic heterocycles. The lowest BCUT2D eigenvalue weighted by atomic mass is 9.99. The molecule has 2 N–H and O–H groups in total. The number of aliphatic hydroxyl groups excluding tert-OH is 1. The van der Waals surface area contributed by atoms with E-state index in [0.717, 1.165) is 24.8 Å². The van der Waals surface area contributed by atoms with Gasteiger partial charge >= 0.3 is 0 Å². The fourth-order valence-electron chi connectivity index (χ4n) is 2.53. The number of amides is 1.